The Morgan fingerprint density at radius 1 is 1.24 bits per heavy atom. The Balaban J connectivity index is 2.51. The van der Waals surface area contributed by atoms with Gasteiger partial charge in [0.15, 0.2) is 0 Å². The molecule has 0 radical (unpaired) electrons. The highest BCUT2D eigenvalue weighted by Gasteiger charge is 2.22. The fraction of sp³-hybridized carbons (Fsp3) is 0.400. The molecule has 0 amide bonds. The summed E-state index contributed by atoms with van der Waals surface area (Å²) >= 11 is 1.74. The number of thioether (sulfide) groups is 1. The van der Waals surface area contributed by atoms with E-state index in [1.54, 1.807) is 11.8 Å². The van der Waals surface area contributed by atoms with Crippen LogP contribution in [0.3, 0.4) is 0 Å². The van der Waals surface area contributed by atoms with Crippen LogP contribution in [0.4, 0.5) is 0 Å². The summed E-state index contributed by atoms with van der Waals surface area (Å²) < 4.78 is 0. The third-order valence-electron chi connectivity index (χ3n) is 2.58. The first-order valence-electron chi connectivity index (χ1n) is 5.99. The Labute approximate surface area is 108 Å². The SMILES string of the molecule is CCC=CCC(C)(C=O)CSc1ccccc1. The van der Waals surface area contributed by atoms with Crippen LogP contribution in [0.25, 0.3) is 0 Å². The minimum absolute atomic E-state index is 0.258. The molecular formula is C15H20OS. The molecule has 0 aliphatic heterocycles. The van der Waals surface area contributed by atoms with E-state index in [9.17, 15) is 4.79 Å². The summed E-state index contributed by atoms with van der Waals surface area (Å²) in [5, 5.41) is 0. The molecule has 0 saturated carbocycles. The van der Waals surface area contributed by atoms with Crippen LogP contribution in [0.15, 0.2) is 47.4 Å². The lowest BCUT2D eigenvalue weighted by Gasteiger charge is -2.20. The third kappa shape index (κ3) is 5.22. The molecule has 0 aromatic heterocycles. The monoisotopic (exact) mass is 248 g/mol. The molecule has 1 aromatic rings. The van der Waals surface area contributed by atoms with Gasteiger partial charge in [-0.3, -0.25) is 0 Å². The number of carbonyl (C=O) groups is 1. The van der Waals surface area contributed by atoms with Crippen molar-refractivity contribution in [2.24, 2.45) is 5.41 Å². The van der Waals surface area contributed by atoms with Gasteiger partial charge < -0.3 is 4.79 Å². The second-order valence-electron chi connectivity index (χ2n) is 4.46. The van der Waals surface area contributed by atoms with Crippen LogP contribution in [0.1, 0.15) is 26.7 Å². The summed E-state index contributed by atoms with van der Waals surface area (Å²) in [5.41, 5.74) is -0.258. The fourth-order valence-electron chi connectivity index (χ4n) is 1.43. The van der Waals surface area contributed by atoms with Crippen LogP contribution in [0, 0.1) is 5.41 Å². The normalized spacial score (nSPS) is 14.7. The lowest BCUT2D eigenvalue weighted by atomic mass is 9.91. The molecule has 0 spiro atoms. The van der Waals surface area contributed by atoms with E-state index in [4.69, 9.17) is 0 Å². The molecule has 1 atom stereocenters. The number of carbonyl (C=O) groups excluding carboxylic acids is 1. The molecule has 0 N–H and O–H groups in total. The molecular weight excluding hydrogens is 228 g/mol. The molecule has 0 aliphatic carbocycles. The molecule has 1 nitrogen and oxygen atoms in total. The minimum atomic E-state index is -0.258. The van der Waals surface area contributed by atoms with Crippen molar-refractivity contribution in [1.82, 2.24) is 0 Å². The van der Waals surface area contributed by atoms with E-state index in [1.165, 1.54) is 4.90 Å². The van der Waals surface area contributed by atoms with E-state index in [2.05, 4.69) is 31.2 Å². The zero-order valence-electron chi connectivity index (χ0n) is 10.6. The zero-order valence-corrected chi connectivity index (χ0v) is 11.4. The minimum Gasteiger partial charge on any atom is -0.303 e. The van der Waals surface area contributed by atoms with E-state index >= 15 is 0 Å². The maximum absolute atomic E-state index is 11.2. The maximum atomic E-state index is 11.2. The van der Waals surface area contributed by atoms with E-state index in [0.717, 1.165) is 24.9 Å². The molecule has 0 aliphatic rings. The molecule has 0 saturated heterocycles. The van der Waals surface area contributed by atoms with E-state index in [-0.39, 0.29) is 5.41 Å². The summed E-state index contributed by atoms with van der Waals surface area (Å²) in [7, 11) is 0. The number of aldehydes is 1. The number of rotatable bonds is 7. The first kappa shape index (κ1) is 14.0. The Bertz CT molecular complexity index is 358. The molecule has 0 heterocycles. The predicted octanol–water partition coefficient (Wildman–Crippen LogP) is 4.34. The first-order chi connectivity index (χ1) is 8.20. The number of hydrogen-bond acceptors (Lipinski definition) is 2. The van der Waals surface area contributed by atoms with Gasteiger partial charge in [0.25, 0.3) is 0 Å². The second-order valence-corrected chi connectivity index (χ2v) is 5.51. The van der Waals surface area contributed by atoms with Gasteiger partial charge in [-0.15, -0.1) is 11.8 Å². The van der Waals surface area contributed by atoms with Crippen molar-refractivity contribution in [3.05, 3.63) is 42.5 Å². The molecule has 2 heteroatoms. The van der Waals surface area contributed by atoms with Crippen molar-refractivity contribution in [3.63, 3.8) is 0 Å². The summed E-state index contributed by atoms with van der Waals surface area (Å²) in [6, 6.07) is 10.2. The Kier molecular flexibility index (Phi) is 6.06. The van der Waals surface area contributed by atoms with Crippen molar-refractivity contribution in [3.8, 4) is 0 Å². The van der Waals surface area contributed by atoms with Crippen LogP contribution in [0.2, 0.25) is 0 Å². The van der Waals surface area contributed by atoms with E-state index in [0.29, 0.717) is 0 Å². The smallest absolute Gasteiger partial charge is 0.127 e. The molecule has 17 heavy (non-hydrogen) atoms. The third-order valence-corrected chi connectivity index (χ3v) is 3.99. The van der Waals surface area contributed by atoms with Crippen molar-refractivity contribution >= 4 is 18.0 Å². The number of allylic oxidation sites excluding steroid dienone is 2. The lowest BCUT2D eigenvalue weighted by molar-refractivity contribution is -0.114. The van der Waals surface area contributed by atoms with Crippen LogP contribution >= 0.6 is 11.8 Å². The van der Waals surface area contributed by atoms with Crippen molar-refractivity contribution in [2.45, 2.75) is 31.6 Å². The largest absolute Gasteiger partial charge is 0.303 e. The van der Waals surface area contributed by atoms with Crippen LogP contribution in [0.5, 0.6) is 0 Å². The van der Waals surface area contributed by atoms with Gasteiger partial charge in [0, 0.05) is 16.1 Å². The van der Waals surface area contributed by atoms with Gasteiger partial charge >= 0.3 is 0 Å². The molecule has 0 fully saturated rings. The summed E-state index contributed by atoms with van der Waals surface area (Å²) in [4.78, 5) is 12.4. The Morgan fingerprint density at radius 3 is 2.53 bits per heavy atom. The highest BCUT2D eigenvalue weighted by molar-refractivity contribution is 7.99. The Morgan fingerprint density at radius 2 is 1.94 bits per heavy atom. The van der Waals surface area contributed by atoms with Crippen LogP contribution in [-0.4, -0.2) is 12.0 Å². The van der Waals surface area contributed by atoms with Crippen LogP contribution < -0.4 is 0 Å². The average Bonchev–Trinajstić information content (AvgIpc) is 2.38. The van der Waals surface area contributed by atoms with Gasteiger partial charge in [-0.1, -0.05) is 44.2 Å². The number of hydrogen-bond donors (Lipinski definition) is 0. The standard InChI is InChI=1S/C15H20OS/c1-3-4-8-11-15(2,12-16)13-17-14-9-6-5-7-10-14/h4-10,12H,3,11,13H2,1-2H3. The van der Waals surface area contributed by atoms with Gasteiger partial charge in [-0.05, 0) is 25.0 Å². The molecule has 1 rings (SSSR count). The highest BCUT2D eigenvalue weighted by Crippen LogP contribution is 2.29. The summed E-state index contributed by atoms with van der Waals surface area (Å²) in [6.45, 7) is 4.13. The molecule has 92 valence electrons. The van der Waals surface area contributed by atoms with Crippen molar-refractivity contribution in [1.29, 1.82) is 0 Å². The average molecular weight is 248 g/mol. The zero-order chi connectivity index (χ0) is 12.6. The second kappa shape index (κ2) is 7.33. The summed E-state index contributed by atoms with van der Waals surface area (Å²) in [6.07, 6.45) is 7.17. The van der Waals surface area contributed by atoms with Gasteiger partial charge in [-0.25, -0.2) is 0 Å². The van der Waals surface area contributed by atoms with Gasteiger partial charge in [0.2, 0.25) is 0 Å². The van der Waals surface area contributed by atoms with Gasteiger partial charge in [0.05, 0.1) is 0 Å². The maximum Gasteiger partial charge on any atom is 0.127 e. The van der Waals surface area contributed by atoms with Crippen molar-refractivity contribution in [2.75, 3.05) is 5.75 Å². The quantitative estimate of drug-likeness (QED) is 0.405. The van der Waals surface area contributed by atoms with Gasteiger partial charge in [-0.2, -0.15) is 0 Å². The number of benzene rings is 1. The fourth-order valence-corrected chi connectivity index (χ4v) is 2.46. The van der Waals surface area contributed by atoms with Crippen LogP contribution in [-0.2, 0) is 4.79 Å². The highest BCUT2D eigenvalue weighted by atomic mass is 32.2. The molecule has 0 bridgehead atoms. The first-order valence-corrected chi connectivity index (χ1v) is 6.98. The topological polar surface area (TPSA) is 17.1 Å². The molecule has 1 unspecified atom stereocenters. The van der Waals surface area contributed by atoms with Gasteiger partial charge in [0.1, 0.15) is 6.29 Å². The lowest BCUT2D eigenvalue weighted by Crippen LogP contribution is -2.20. The predicted molar refractivity (Wildman–Crippen MR) is 75.4 cm³/mol. The summed E-state index contributed by atoms with van der Waals surface area (Å²) in [5.74, 6) is 0.828. The van der Waals surface area contributed by atoms with E-state index < -0.39 is 0 Å². The Hall–Kier alpha value is -1.02. The van der Waals surface area contributed by atoms with Crippen molar-refractivity contribution < 1.29 is 4.79 Å². The van der Waals surface area contributed by atoms with E-state index in [1.807, 2.05) is 25.1 Å². The molecule has 1 aromatic carbocycles.